The van der Waals surface area contributed by atoms with Crippen LogP contribution in [0.3, 0.4) is 0 Å². The molecule has 104 valence electrons. The first-order valence-electron chi connectivity index (χ1n) is 7.16. The van der Waals surface area contributed by atoms with Gasteiger partial charge in [0.25, 0.3) is 0 Å². The Hall–Kier alpha value is -0.970. The predicted molar refractivity (Wildman–Crippen MR) is 74.4 cm³/mol. The molecule has 1 aliphatic carbocycles. The van der Waals surface area contributed by atoms with Gasteiger partial charge < -0.3 is 4.90 Å². The molecule has 1 saturated heterocycles. The molecule has 0 amide bonds. The molecule has 2 aliphatic rings. The van der Waals surface area contributed by atoms with Crippen molar-refractivity contribution < 1.29 is 4.39 Å². The van der Waals surface area contributed by atoms with Crippen LogP contribution in [0.5, 0.6) is 0 Å². The number of hydrogen-bond acceptors (Lipinski definition) is 3. The number of piperazine rings is 1. The summed E-state index contributed by atoms with van der Waals surface area (Å²) in [4.78, 5) is 2.36. The smallest absolute Gasteiger partial charge is 0.123 e. The maximum atomic E-state index is 13.2. The third-order valence-electron chi connectivity index (χ3n) is 4.33. The fourth-order valence-electron chi connectivity index (χ4n) is 2.95. The van der Waals surface area contributed by atoms with Crippen molar-refractivity contribution in [2.75, 3.05) is 33.2 Å². The standard InChI is InChI=1S/C15H22FN3/c1-18-5-7-19(8-6-18)17-15-10-13(11-15)12-3-2-4-14(16)9-12/h2-4,9,13,15,17H,5-8,10-11H2,1H3. The maximum Gasteiger partial charge on any atom is 0.123 e. The van der Waals surface area contributed by atoms with Gasteiger partial charge >= 0.3 is 0 Å². The summed E-state index contributed by atoms with van der Waals surface area (Å²) in [5.41, 5.74) is 4.75. The van der Waals surface area contributed by atoms with E-state index in [1.54, 1.807) is 6.07 Å². The quantitative estimate of drug-likeness (QED) is 0.897. The monoisotopic (exact) mass is 263 g/mol. The number of benzene rings is 1. The summed E-state index contributed by atoms with van der Waals surface area (Å²) in [6.07, 6.45) is 2.24. The van der Waals surface area contributed by atoms with Crippen molar-refractivity contribution >= 4 is 0 Å². The zero-order valence-electron chi connectivity index (χ0n) is 11.5. The van der Waals surface area contributed by atoms with Gasteiger partial charge in [0.1, 0.15) is 5.82 Å². The molecule has 0 bridgehead atoms. The summed E-state index contributed by atoms with van der Waals surface area (Å²) in [6.45, 7) is 4.45. The molecule has 0 aromatic heterocycles. The Morgan fingerprint density at radius 1 is 1.16 bits per heavy atom. The van der Waals surface area contributed by atoms with Gasteiger partial charge in [0.2, 0.25) is 0 Å². The van der Waals surface area contributed by atoms with Gasteiger partial charge in [-0.1, -0.05) is 12.1 Å². The number of likely N-dealkylation sites (N-methyl/N-ethyl adjacent to an activating group) is 1. The normalized spacial score (nSPS) is 29.2. The number of rotatable bonds is 3. The molecule has 1 N–H and O–H groups in total. The predicted octanol–water partition coefficient (Wildman–Crippen LogP) is 1.82. The van der Waals surface area contributed by atoms with Gasteiger partial charge in [-0.3, -0.25) is 5.43 Å². The molecule has 2 fully saturated rings. The van der Waals surface area contributed by atoms with Gasteiger partial charge in [0, 0.05) is 32.2 Å². The molecule has 3 rings (SSSR count). The molecule has 0 spiro atoms. The average molecular weight is 263 g/mol. The first-order valence-corrected chi connectivity index (χ1v) is 7.16. The summed E-state index contributed by atoms with van der Waals surface area (Å²) in [5.74, 6) is 0.411. The third-order valence-corrected chi connectivity index (χ3v) is 4.33. The molecule has 1 saturated carbocycles. The van der Waals surface area contributed by atoms with E-state index in [9.17, 15) is 4.39 Å². The molecule has 3 nitrogen and oxygen atoms in total. The minimum absolute atomic E-state index is 0.118. The van der Waals surface area contributed by atoms with Gasteiger partial charge in [-0.05, 0) is 43.5 Å². The second kappa shape index (κ2) is 5.57. The first-order chi connectivity index (χ1) is 9.20. The van der Waals surface area contributed by atoms with Crippen molar-refractivity contribution in [2.24, 2.45) is 0 Å². The van der Waals surface area contributed by atoms with E-state index in [4.69, 9.17) is 0 Å². The van der Waals surface area contributed by atoms with Gasteiger partial charge in [0.15, 0.2) is 0 Å². The Labute approximate surface area is 114 Å². The minimum atomic E-state index is -0.118. The lowest BCUT2D eigenvalue weighted by molar-refractivity contribution is 0.0628. The van der Waals surface area contributed by atoms with Crippen LogP contribution in [-0.2, 0) is 0 Å². The minimum Gasteiger partial charge on any atom is -0.304 e. The van der Waals surface area contributed by atoms with E-state index in [0.29, 0.717) is 12.0 Å². The molecule has 0 unspecified atom stereocenters. The van der Waals surface area contributed by atoms with Crippen LogP contribution in [0.15, 0.2) is 24.3 Å². The molecule has 0 atom stereocenters. The van der Waals surface area contributed by atoms with Crippen LogP contribution >= 0.6 is 0 Å². The number of halogens is 1. The van der Waals surface area contributed by atoms with Crippen molar-refractivity contribution in [1.82, 2.24) is 15.3 Å². The summed E-state index contributed by atoms with van der Waals surface area (Å²) < 4.78 is 13.2. The highest BCUT2D eigenvalue weighted by atomic mass is 19.1. The van der Waals surface area contributed by atoms with E-state index in [1.165, 1.54) is 6.07 Å². The second-order valence-corrected chi connectivity index (χ2v) is 5.84. The van der Waals surface area contributed by atoms with Crippen molar-refractivity contribution in [1.29, 1.82) is 0 Å². The number of hydrogen-bond donors (Lipinski definition) is 1. The largest absolute Gasteiger partial charge is 0.304 e. The van der Waals surface area contributed by atoms with Crippen LogP contribution in [0, 0.1) is 5.82 Å². The van der Waals surface area contributed by atoms with Crippen LogP contribution in [0.2, 0.25) is 0 Å². The number of hydrazine groups is 1. The molecule has 1 aromatic rings. The SMILES string of the molecule is CN1CCN(NC2CC(c3cccc(F)c3)C2)CC1. The molecule has 4 heteroatoms. The average Bonchev–Trinajstić information content (AvgIpc) is 2.35. The van der Waals surface area contributed by atoms with Gasteiger partial charge in [-0.15, -0.1) is 0 Å². The summed E-state index contributed by atoms with van der Waals surface area (Å²) >= 11 is 0. The number of nitrogens with zero attached hydrogens (tertiary/aromatic N) is 2. The van der Waals surface area contributed by atoms with E-state index in [2.05, 4.69) is 22.4 Å². The highest BCUT2D eigenvalue weighted by Gasteiger charge is 2.31. The molecular weight excluding hydrogens is 241 g/mol. The van der Waals surface area contributed by atoms with E-state index in [1.807, 2.05) is 12.1 Å². The zero-order valence-corrected chi connectivity index (χ0v) is 11.5. The molecular formula is C15H22FN3. The van der Waals surface area contributed by atoms with Gasteiger partial charge in [-0.2, -0.15) is 0 Å². The lowest BCUT2D eigenvalue weighted by Crippen LogP contribution is -2.56. The maximum absolute atomic E-state index is 13.2. The Morgan fingerprint density at radius 3 is 2.58 bits per heavy atom. The lowest BCUT2D eigenvalue weighted by Gasteiger charge is -2.42. The van der Waals surface area contributed by atoms with Crippen LogP contribution in [-0.4, -0.2) is 49.2 Å². The van der Waals surface area contributed by atoms with Crippen LogP contribution in [0.4, 0.5) is 4.39 Å². The first kappa shape index (κ1) is 13.0. The summed E-state index contributed by atoms with van der Waals surface area (Å²) in [7, 11) is 2.17. The van der Waals surface area contributed by atoms with Crippen LogP contribution < -0.4 is 5.43 Å². The number of nitrogens with one attached hydrogen (secondary N) is 1. The van der Waals surface area contributed by atoms with Crippen LogP contribution in [0.1, 0.15) is 24.3 Å². The molecule has 1 aliphatic heterocycles. The molecule has 0 radical (unpaired) electrons. The lowest BCUT2D eigenvalue weighted by atomic mass is 9.76. The Bertz CT molecular complexity index is 423. The van der Waals surface area contributed by atoms with E-state index in [0.717, 1.165) is 44.6 Å². The Balaban J connectivity index is 1.45. The summed E-state index contributed by atoms with van der Waals surface area (Å²) in [5, 5.41) is 2.34. The Morgan fingerprint density at radius 2 is 1.89 bits per heavy atom. The highest BCUT2D eigenvalue weighted by Crippen LogP contribution is 2.37. The highest BCUT2D eigenvalue weighted by molar-refractivity contribution is 5.23. The Kier molecular flexibility index (Phi) is 3.82. The van der Waals surface area contributed by atoms with Gasteiger partial charge in [-0.25, -0.2) is 9.40 Å². The molecule has 19 heavy (non-hydrogen) atoms. The second-order valence-electron chi connectivity index (χ2n) is 5.84. The van der Waals surface area contributed by atoms with Crippen molar-refractivity contribution in [3.8, 4) is 0 Å². The fraction of sp³-hybridized carbons (Fsp3) is 0.600. The van der Waals surface area contributed by atoms with Crippen molar-refractivity contribution in [3.63, 3.8) is 0 Å². The van der Waals surface area contributed by atoms with Gasteiger partial charge in [0.05, 0.1) is 0 Å². The molecule has 1 heterocycles. The van der Waals surface area contributed by atoms with E-state index in [-0.39, 0.29) is 5.82 Å². The topological polar surface area (TPSA) is 18.5 Å². The van der Waals surface area contributed by atoms with Crippen molar-refractivity contribution in [2.45, 2.75) is 24.8 Å². The zero-order chi connectivity index (χ0) is 13.2. The summed E-state index contributed by atoms with van der Waals surface area (Å²) in [6, 6.07) is 7.61. The van der Waals surface area contributed by atoms with E-state index >= 15 is 0 Å². The third kappa shape index (κ3) is 3.14. The van der Waals surface area contributed by atoms with E-state index < -0.39 is 0 Å². The molecule has 1 aromatic carbocycles. The van der Waals surface area contributed by atoms with Crippen LogP contribution in [0.25, 0.3) is 0 Å². The fourth-order valence-corrected chi connectivity index (χ4v) is 2.95. The van der Waals surface area contributed by atoms with Crippen molar-refractivity contribution in [3.05, 3.63) is 35.6 Å².